The van der Waals surface area contributed by atoms with E-state index in [1.165, 1.54) is 6.07 Å². The number of aromatic nitrogens is 3. The van der Waals surface area contributed by atoms with E-state index >= 15 is 0 Å². The highest BCUT2D eigenvalue weighted by Gasteiger charge is 2.32. The number of hydrogen-bond acceptors (Lipinski definition) is 5. The maximum Gasteiger partial charge on any atom is 0.433 e. The number of halogens is 4. The Labute approximate surface area is 170 Å². The van der Waals surface area contributed by atoms with Gasteiger partial charge >= 0.3 is 6.18 Å². The van der Waals surface area contributed by atoms with E-state index in [4.69, 9.17) is 16.3 Å². The molecule has 0 aliphatic rings. The van der Waals surface area contributed by atoms with Crippen molar-refractivity contribution in [2.24, 2.45) is 0 Å². The second-order valence-electron chi connectivity index (χ2n) is 6.49. The van der Waals surface area contributed by atoms with Crippen LogP contribution in [0.3, 0.4) is 0 Å². The van der Waals surface area contributed by atoms with E-state index in [0.717, 1.165) is 22.9 Å². The number of ether oxygens (including phenoxy) is 1. The van der Waals surface area contributed by atoms with Gasteiger partial charge < -0.3 is 10.1 Å². The number of rotatable bonds is 6. The number of anilines is 1. The molecule has 29 heavy (non-hydrogen) atoms. The van der Waals surface area contributed by atoms with Gasteiger partial charge in [0.25, 0.3) is 0 Å². The molecule has 0 amide bonds. The van der Waals surface area contributed by atoms with Crippen LogP contribution in [0.4, 0.5) is 18.9 Å². The standard InChI is InChI=1S/C20H18ClF3N4O/c1-12(2)29-15-5-3-14(4-6-15)19-26-10-13(11-27-19)9-25-16-7-8-17(20(22,23)24)28-18(16)21/h3-8,10-12,25H,9H2,1-2H3. The summed E-state index contributed by atoms with van der Waals surface area (Å²) in [7, 11) is 0. The highest BCUT2D eigenvalue weighted by atomic mass is 35.5. The number of pyridine rings is 1. The number of alkyl halides is 3. The third kappa shape index (κ3) is 5.57. The van der Waals surface area contributed by atoms with E-state index in [2.05, 4.69) is 20.3 Å². The van der Waals surface area contributed by atoms with Crippen LogP contribution in [-0.4, -0.2) is 21.1 Å². The molecule has 5 nitrogen and oxygen atoms in total. The van der Waals surface area contributed by atoms with Crippen molar-refractivity contribution in [1.29, 1.82) is 0 Å². The van der Waals surface area contributed by atoms with Gasteiger partial charge in [0.2, 0.25) is 0 Å². The molecule has 2 aromatic heterocycles. The fourth-order valence-corrected chi connectivity index (χ4v) is 2.69. The predicted octanol–water partition coefficient (Wildman–Crippen LogP) is 5.61. The molecule has 0 radical (unpaired) electrons. The summed E-state index contributed by atoms with van der Waals surface area (Å²) in [5.74, 6) is 1.32. The molecule has 0 spiro atoms. The number of benzene rings is 1. The summed E-state index contributed by atoms with van der Waals surface area (Å²) in [4.78, 5) is 12.0. The molecule has 0 atom stereocenters. The van der Waals surface area contributed by atoms with Crippen LogP contribution in [0, 0.1) is 0 Å². The Morgan fingerprint density at radius 1 is 1.03 bits per heavy atom. The smallest absolute Gasteiger partial charge is 0.433 e. The van der Waals surface area contributed by atoms with Crippen LogP contribution in [-0.2, 0) is 12.7 Å². The first-order chi connectivity index (χ1) is 13.7. The average molecular weight is 423 g/mol. The Morgan fingerprint density at radius 3 is 2.24 bits per heavy atom. The fourth-order valence-electron chi connectivity index (χ4n) is 2.47. The van der Waals surface area contributed by atoms with Gasteiger partial charge in [-0.3, -0.25) is 0 Å². The van der Waals surface area contributed by atoms with E-state index < -0.39 is 11.9 Å². The summed E-state index contributed by atoms with van der Waals surface area (Å²) in [6, 6.07) is 9.58. The van der Waals surface area contributed by atoms with Crippen molar-refractivity contribution in [3.05, 3.63) is 65.2 Å². The number of nitrogens with zero attached hydrogens (tertiary/aromatic N) is 3. The summed E-state index contributed by atoms with van der Waals surface area (Å²) in [6.45, 7) is 4.20. The molecule has 9 heteroatoms. The van der Waals surface area contributed by atoms with Crippen LogP contribution >= 0.6 is 11.6 Å². The minimum absolute atomic E-state index is 0.0947. The Kier molecular flexibility index (Phi) is 6.22. The van der Waals surface area contributed by atoms with Crippen molar-refractivity contribution < 1.29 is 17.9 Å². The lowest BCUT2D eigenvalue weighted by Gasteiger charge is -2.11. The Hall–Kier alpha value is -2.87. The van der Waals surface area contributed by atoms with Crippen molar-refractivity contribution in [2.75, 3.05) is 5.32 Å². The van der Waals surface area contributed by atoms with Gasteiger partial charge in [-0.1, -0.05) is 11.6 Å². The molecule has 2 heterocycles. The van der Waals surface area contributed by atoms with E-state index in [1.807, 2.05) is 38.1 Å². The number of hydrogen-bond donors (Lipinski definition) is 1. The molecular formula is C20H18ClF3N4O. The van der Waals surface area contributed by atoms with Gasteiger partial charge in [0.1, 0.15) is 11.4 Å². The van der Waals surface area contributed by atoms with Crippen molar-refractivity contribution in [3.8, 4) is 17.1 Å². The van der Waals surface area contributed by atoms with Gasteiger partial charge in [-0.05, 0) is 50.2 Å². The van der Waals surface area contributed by atoms with E-state index in [-0.39, 0.29) is 17.8 Å². The monoisotopic (exact) mass is 422 g/mol. The highest BCUT2D eigenvalue weighted by molar-refractivity contribution is 6.32. The quantitative estimate of drug-likeness (QED) is 0.523. The first-order valence-electron chi connectivity index (χ1n) is 8.78. The highest BCUT2D eigenvalue weighted by Crippen LogP contribution is 2.31. The summed E-state index contributed by atoms with van der Waals surface area (Å²) in [5.41, 5.74) is 0.843. The Morgan fingerprint density at radius 2 is 1.69 bits per heavy atom. The van der Waals surface area contributed by atoms with Gasteiger partial charge in [0, 0.05) is 30.1 Å². The molecule has 0 aliphatic heterocycles. The van der Waals surface area contributed by atoms with Crippen molar-refractivity contribution >= 4 is 17.3 Å². The molecule has 3 aromatic rings. The normalized spacial score (nSPS) is 11.6. The SMILES string of the molecule is CC(C)Oc1ccc(-c2ncc(CNc3ccc(C(F)(F)F)nc3Cl)cn2)cc1. The molecule has 0 saturated heterocycles. The molecule has 152 valence electrons. The average Bonchev–Trinajstić information content (AvgIpc) is 2.67. The maximum atomic E-state index is 12.6. The fraction of sp³-hybridized carbons (Fsp3) is 0.250. The minimum Gasteiger partial charge on any atom is -0.491 e. The lowest BCUT2D eigenvalue weighted by atomic mass is 10.2. The zero-order valence-electron chi connectivity index (χ0n) is 15.7. The third-order valence-corrected chi connectivity index (χ3v) is 4.10. The molecule has 0 fully saturated rings. The second kappa shape index (κ2) is 8.65. The zero-order valence-corrected chi connectivity index (χ0v) is 16.4. The molecule has 0 unspecified atom stereocenters. The topological polar surface area (TPSA) is 59.9 Å². The van der Waals surface area contributed by atoms with Crippen molar-refractivity contribution in [3.63, 3.8) is 0 Å². The molecular weight excluding hydrogens is 405 g/mol. The van der Waals surface area contributed by atoms with Crippen LogP contribution in [0.2, 0.25) is 5.15 Å². The molecule has 1 N–H and O–H groups in total. The lowest BCUT2D eigenvalue weighted by molar-refractivity contribution is -0.141. The predicted molar refractivity (Wildman–Crippen MR) is 105 cm³/mol. The van der Waals surface area contributed by atoms with E-state index in [9.17, 15) is 13.2 Å². The van der Waals surface area contributed by atoms with Gasteiger partial charge in [-0.2, -0.15) is 13.2 Å². The summed E-state index contributed by atoms with van der Waals surface area (Å²) >= 11 is 5.84. The lowest BCUT2D eigenvalue weighted by Crippen LogP contribution is -2.09. The van der Waals surface area contributed by atoms with Crippen LogP contribution < -0.4 is 10.1 Å². The molecule has 1 aromatic carbocycles. The molecule has 0 saturated carbocycles. The van der Waals surface area contributed by atoms with Crippen LogP contribution in [0.5, 0.6) is 5.75 Å². The summed E-state index contributed by atoms with van der Waals surface area (Å²) in [6.07, 6.45) is -1.17. The van der Waals surface area contributed by atoms with Crippen LogP contribution in [0.1, 0.15) is 25.1 Å². The number of nitrogens with one attached hydrogen (secondary N) is 1. The summed E-state index contributed by atoms with van der Waals surface area (Å²) in [5, 5.41) is 2.69. The molecule has 3 rings (SSSR count). The largest absolute Gasteiger partial charge is 0.491 e. The van der Waals surface area contributed by atoms with Crippen LogP contribution in [0.15, 0.2) is 48.8 Å². The summed E-state index contributed by atoms with van der Waals surface area (Å²) < 4.78 is 43.5. The first kappa shape index (κ1) is 20.9. The maximum absolute atomic E-state index is 12.6. The van der Waals surface area contributed by atoms with Gasteiger partial charge in [0.15, 0.2) is 11.0 Å². The first-order valence-corrected chi connectivity index (χ1v) is 9.16. The molecule has 0 aliphatic carbocycles. The van der Waals surface area contributed by atoms with E-state index in [0.29, 0.717) is 11.5 Å². The van der Waals surface area contributed by atoms with E-state index in [1.54, 1.807) is 12.4 Å². The minimum atomic E-state index is -4.54. The third-order valence-electron chi connectivity index (χ3n) is 3.81. The van der Waals surface area contributed by atoms with Crippen LogP contribution in [0.25, 0.3) is 11.4 Å². The molecule has 0 bridgehead atoms. The van der Waals surface area contributed by atoms with Crippen molar-refractivity contribution in [1.82, 2.24) is 15.0 Å². The van der Waals surface area contributed by atoms with Gasteiger partial charge in [-0.25, -0.2) is 15.0 Å². The zero-order chi connectivity index (χ0) is 21.0. The second-order valence-corrected chi connectivity index (χ2v) is 6.85. The van der Waals surface area contributed by atoms with Crippen molar-refractivity contribution in [2.45, 2.75) is 32.7 Å². The Balaban J connectivity index is 1.64. The Bertz CT molecular complexity index is 961. The van der Waals surface area contributed by atoms with Gasteiger partial charge in [-0.15, -0.1) is 0 Å². The van der Waals surface area contributed by atoms with Gasteiger partial charge in [0.05, 0.1) is 11.8 Å².